The van der Waals surface area contributed by atoms with Crippen LogP contribution in [0.4, 0.5) is 3.89 Å². The molecule has 7 heteroatoms. The van der Waals surface area contributed by atoms with Crippen molar-refractivity contribution in [3.05, 3.63) is 48.0 Å². The smallest absolute Gasteiger partial charge is 0.351 e. The summed E-state index contributed by atoms with van der Waals surface area (Å²) < 4.78 is 38.8. The Labute approximate surface area is 103 Å². The van der Waals surface area contributed by atoms with Crippen LogP contribution in [-0.2, 0) is 16.8 Å². The molecule has 1 heterocycles. The van der Waals surface area contributed by atoms with Crippen LogP contribution in [0.1, 0.15) is 5.56 Å². The molecule has 0 aliphatic rings. The van der Waals surface area contributed by atoms with Crippen molar-refractivity contribution in [2.75, 3.05) is 0 Å². The van der Waals surface area contributed by atoms with E-state index in [1.165, 1.54) is 6.07 Å². The number of hydrogen-bond donors (Lipinski definition) is 0. The van der Waals surface area contributed by atoms with Crippen LogP contribution in [0, 0.1) is 0 Å². The minimum atomic E-state index is -4.82. The molecule has 0 aliphatic carbocycles. The zero-order chi connectivity index (χ0) is 13.0. The largest absolute Gasteiger partial charge is 0.472 e. The highest BCUT2D eigenvalue weighted by Crippen LogP contribution is 2.12. The Hall–Kier alpha value is -2.02. The fraction of sp³-hybridized carbons (Fsp3) is 0.0909. The van der Waals surface area contributed by atoms with Crippen molar-refractivity contribution < 1.29 is 17.0 Å². The van der Waals surface area contributed by atoms with Crippen LogP contribution >= 0.6 is 0 Å². The van der Waals surface area contributed by atoms with Crippen LogP contribution in [0.5, 0.6) is 5.88 Å². The van der Waals surface area contributed by atoms with Gasteiger partial charge in [0.25, 0.3) is 0 Å². The number of aromatic nitrogens is 2. The normalized spacial score (nSPS) is 11.2. The number of halogens is 1. The van der Waals surface area contributed by atoms with Gasteiger partial charge in [0.05, 0.1) is 0 Å². The van der Waals surface area contributed by atoms with Gasteiger partial charge in [-0.25, -0.2) is 0 Å². The SMILES string of the molecule is O=S(=O)(F)c1ccc(OCc2ccccc2)nn1. The Morgan fingerprint density at radius 2 is 1.78 bits per heavy atom. The molecule has 2 aromatic rings. The number of hydrogen-bond acceptors (Lipinski definition) is 5. The van der Waals surface area contributed by atoms with E-state index in [0.717, 1.165) is 11.6 Å². The van der Waals surface area contributed by atoms with Crippen molar-refractivity contribution >= 4 is 10.2 Å². The fourth-order valence-corrected chi connectivity index (χ4v) is 1.62. The van der Waals surface area contributed by atoms with Crippen molar-refractivity contribution in [2.45, 2.75) is 11.6 Å². The Morgan fingerprint density at radius 3 is 2.33 bits per heavy atom. The summed E-state index contributed by atoms with van der Waals surface area (Å²) in [6.07, 6.45) is 0. The average Bonchev–Trinajstić information content (AvgIpc) is 2.37. The number of benzene rings is 1. The van der Waals surface area contributed by atoms with Gasteiger partial charge >= 0.3 is 10.2 Å². The Balaban J connectivity index is 2.03. The summed E-state index contributed by atoms with van der Waals surface area (Å²) in [5.41, 5.74) is 0.932. The van der Waals surface area contributed by atoms with E-state index >= 15 is 0 Å². The third-order valence-corrected chi connectivity index (χ3v) is 2.81. The van der Waals surface area contributed by atoms with Crippen molar-refractivity contribution in [1.29, 1.82) is 0 Å². The van der Waals surface area contributed by atoms with Gasteiger partial charge < -0.3 is 4.74 Å². The van der Waals surface area contributed by atoms with E-state index in [0.29, 0.717) is 0 Å². The van der Waals surface area contributed by atoms with Gasteiger partial charge in [-0.1, -0.05) is 34.2 Å². The maximum atomic E-state index is 12.5. The Morgan fingerprint density at radius 1 is 1.06 bits per heavy atom. The molecule has 0 saturated carbocycles. The lowest BCUT2D eigenvalue weighted by Crippen LogP contribution is -2.01. The molecular formula is C11H9FN2O3S. The molecular weight excluding hydrogens is 259 g/mol. The lowest BCUT2D eigenvalue weighted by atomic mass is 10.2. The van der Waals surface area contributed by atoms with Crippen LogP contribution in [0.25, 0.3) is 0 Å². The lowest BCUT2D eigenvalue weighted by Gasteiger charge is -2.04. The first-order valence-electron chi connectivity index (χ1n) is 5.01. The summed E-state index contributed by atoms with van der Waals surface area (Å²) in [5, 5.41) is 5.97. The van der Waals surface area contributed by atoms with Crippen LogP contribution < -0.4 is 4.74 Å². The highest BCUT2D eigenvalue weighted by Gasteiger charge is 2.14. The highest BCUT2D eigenvalue weighted by molar-refractivity contribution is 7.86. The van der Waals surface area contributed by atoms with Gasteiger partial charge in [-0.3, -0.25) is 0 Å². The molecule has 0 saturated heterocycles. The van der Waals surface area contributed by atoms with Crippen LogP contribution in [0.2, 0.25) is 0 Å². The quantitative estimate of drug-likeness (QED) is 0.789. The zero-order valence-corrected chi connectivity index (χ0v) is 9.97. The van der Waals surface area contributed by atoms with E-state index in [9.17, 15) is 12.3 Å². The second-order valence-electron chi connectivity index (χ2n) is 3.42. The summed E-state index contributed by atoms with van der Waals surface area (Å²) in [6.45, 7) is 0.275. The third kappa shape index (κ3) is 3.24. The Kier molecular flexibility index (Phi) is 3.52. The van der Waals surface area contributed by atoms with Crippen molar-refractivity contribution in [3.8, 4) is 5.88 Å². The summed E-state index contributed by atoms with van der Waals surface area (Å²) in [6, 6.07) is 11.6. The molecule has 1 aromatic heterocycles. The average molecular weight is 268 g/mol. The second kappa shape index (κ2) is 5.09. The molecule has 18 heavy (non-hydrogen) atoms. The minimum absolute atomic E-state index is 0.131. The molecule has 94 valence electrons. The van der Waals surface area contributed by atoms with Crippen molar-refractivity contribution in [2.24, 2.45) is 0 Å². The fourth-order valence-electron chi connectivity index (χ4n) is 1.25. The first-order chi connectivity index (χ1) is 8.55. The third-order valence-electron chi connectivity index (χ3n) is 2.09. The van der Waals surface area contributed by atoms with E-state index in [4.69, 9.17) is 4.74 Å². The minimum Gasteiger partial charge on any atom is -0.472 e. The van der Waals surface area contributed by atoms with E-state index in [2.05, 4.69) is 10.2 Å². The maximum Gasteiger partial charge on any atom is 0.351 e. The highest BCUT2D eigenvalue weighted by atomic mass is 32.3. The van der Waals surface area contributed by atoms with Gasteiger partial charge in [0.1, 0.15) is 6.61 Å². The number of rotatable bonds is 4. The van der Waals surface area contributed by atoms with E-state index in [1.807, 2.05) is 30.3 Å². The van der Waals surface area contributed by atoms with Gasteiger partial charge in [-0.05, 0) is 11.6 Å². The molecule has 0 unspecified atom stereocenters. The number of ether oxygens (including phenoxy) is 1. The molecule has 2 rings (SSSR count). The van der Waals surface area contributed by atoms with Crippen LogP contribution in [-0.4, -0.2) is 18.6 Å². The van der Waals surface area contributed by atoms with Crippen LogP contribution in [0.3, 0.4) is 0 Å². The molecule has 1 aromatic carbocycles. The topological polar surface area (TPSA) is 69.2 Å². The van der Waals surface area contributed by atoms with E-state index in [1.54, 1.807) is 0 Å². The Bertz CT molecular complexity index is 614. The van der Waals surface area contributed by atoms with Crippen molar-refractivity contribution in [1.82, 2.24) is 10.2 Å². The van der Waals surface area contributed by atoms with E-state index < -0.39 is 15.2 Å². The first kappa shape index (κ1) is 12.4. The summed E-state index contributed by atoms with van der Waals surface area (Å²) in [5.74, 6) is 0.131. The second-order valence-corrected chi connectivity index (χ2v) is 4.72. The monoisotopic (exact) mass is 268 g/mol. The maximum absolute atomic E-state index is 12.5. The summed E-state index contributed by atoms with van der Waals surface area (Å²) in [7, 11) is -4.82. The molecule has 0 N–H and O–H groups in total. The molecule has 5 nitrogen and oxygen atoms in total. The molecule has 0 radical (unpaired) electrons. The molecule has 0 aliphatic heterocycles. The van der Waals surface area contributed by atoms with Gasteiger partial charge in [-0.2, -0.15) is 8.42 Å². The van der Waals surface area contributed by atoms with Gasteiger partial charge in [-0.15, -0.1) is 10.2 Å². The summed E-state index contributed by atoms with van der Waals surface area (Å²) >= 11 is 0. The molecule has 0 fully saturated rings. The molecule has 0 bridgehead atoms. The van der Waals surface area contributed by atoms with Gasteiger partial charge in [0, 0.05) is 6.07 Å². The molecule has 0 spiro atoms. The standard InChI is InChI=1S/C11H9FN2O3S/c12-18(15,16)11-7-6-10(13-14-11)17-8-9-4-2-1-3-5-9/h1-7H,8H2. The first-order valence-corrected chi connectivity index (χ1v) is 6.39. The summed E-state index contributed by atoms with van der Waals surface area (Å²) in [4.78, 5) is 0. The van der Waals surface area contributed by atoms with Crippen LogP contribution in [0.15, 0.2) is 47.5 Å². The van der Waals surface area contributed by atoms with Gasteiger partial charge in [0.15, 0.2) is 0 Å². The zero-order valence-electron chi connectivity index (χ0n) is 9.15. The van der Waals surface area contributed by atoms with E-state index in [-0.39, 0.29) is 12.5 Å². The predicted molar refractivity (Wildman–Crippen MR) is 61.1 cm³/mol. The number of nitrogens with zero attached hydrogens (tertiary/aromatic N) is 2. The lowest BCUT2D eigenvalue weighted by molar-refractivity contribution is 0.289. The predicted octanol–water partition coefficient (Wildman–Crippen LogP) is 1.71. The molecule has 0 atom stereocenters. The molecule has 0 amide bonds. The van der Waals surface area contributed by atoms with Crippen molar-refractivity contribution in [3.63, 3.8) is 0 Å². The van der Waals surface area contributed by atoms with Gasteiger partial charge in [0.2, 0.25) is 10.9 Å².